The predicted octanol–water partition coefficient (Wildman–Crippen LogP) is 3.86. The minimum Gasteiger partial charge on any atom is -0.380 e. The van der Waals surface area contributed by atoms with E-state index in [1.54, 1.807) is 18.9 Å². The number of hydrogen-bond donors (Lipinski definition) is 1. The third kappa shape index (κ3) is 5.41. The molecule has 0 aromatic heterocycles. The van der Waals surface area contributed by atoms with Gasteiger partial charge in [0.2, 0.25) is 5.91 Å². The molecule has 2 aromatic rings. The number of amides is 1. The van der Waals surface area contributed by atoms with Gasteiger partial charge in [0.15, 0.2) is 0 Å². The smallest absolute Gasteiger partial charge is 0.230 e. The zero-order valence-electron chi connectivity index (χ0n) is 13.9. The van der Waals surface area contributed by atoms with Gasteiger partial charge in [-0.3, -0.25) is 4.79 Å². The molecular weight excluding hydrogens is 306 g/mol. The van der Waals surface area contributed by atoms with Crippen LogP contribution in [0.1, 0.15) is 22.3 Å². The molecule has 1 amide bonds. The summed E-state index contributed by atoms with van der Waals surface area (Å²) in [7, 11) is 1.68. The summed E-state index contributed by atoms with van der Waals surface area (Å²) < 4.78 is 5.19. The number of benzene rings is 2. The first kappa shape index (κ1) is 17.6. The van der Waals surface area contributed by atoms with E-state index >= 15 is 0 Å². The average molecular weight is 329 g/mol. The molecule has 0 aliphatic carbocycles. The lowest BCUT2D eigenvalue weighted by atomic mass is 10.1. The average Bonchev–Trinajstić information content (AvgIpc) is 2.55. The summed E-state index contributed by atoms with van der Waals surface area (Å²) >= 11 is 1.58. The molecule has 1 N–H and O–H groups in total. The quantitative estimate of drug-likeness (QED) is 0.784. The fraction of sp³-hybridized carbons (Fsp3) is 0.316. The zero-order valence-corrected chi connectivity index (χ0v) is 14.7. The number of ether oxygens (including phenoxy) is 1. The van der Waals surface area contributed by atoms with Crippen molar-refractivity contribution >= 4 is 17.7 Å². The van der Waals surface area contributed by atoms with Gasteiger partial charge in [-0.1, -0.05) is 42.0 Å². The van der Waals surface area contributed by atoms with E-state index in [-0.39, 0.29) is 5.91 Å². The molecule has 0 radical (unpaired) electrons. The van der Waals surface area contributed by atoms with E-state index < -0.39 is 0 Å². The van der Waals surface area contributed by atoms with Crippen LogP contribution in [0.2, 0.25) is 0 Å². The minimum atomic E-state index is 0.0446. The Labute approximate surface area is 142 Å². The van der Waals surface area contributed by atoms with Gasteiger partial charge in [0.05, 0.1) is 12.4 Å². The van der Waals surface area contributed by atoms with Gasteiger partial charge in [-0.05, 0) is 36.6 Å². The molecule has 0 aliphatic heterocycles. The summed E-state index contributed by atoms with van der Waals surface area (Å²) in [5, 5.41) is 2.99. The molecule has 3 nitrogen and oxygen atoms in total. The van der Waals surface area contributed by atoms with Crippen LogP contribution in [0.15, 0.2) is 47.4 Å². The molecule has 0 bridgehead atoms. The van der Waals surface area contributed by atoms with Crippen molar-refractivity contribution in [2.45, 2.75) is 31.9 Å². The molecule has 0 heterocycles. The highest BCUT2D eigenvalue weighted by Crippen LogP contribution is 2.23. The topological polar surface area (TPSA) is 38.3 Å². The van der Waals surface area contributed by atoms with E-state index in [4.69, 9.17) is 4.74 Å². The first-order valence-corrected chi connectivity index (χ1v) is 8.61. The molecule has 0 saturated carbocycles. The van der Waals surface area contributed by atoms with Crippen LogP contribution in [-0.2, 0) is 22.7 Å². The largest absolute Gasteiger partial charge is 0.380 e. The summed E-state index contributed by atoms with van der Waals surface area (Å²) in [6.45, 7) is 5.23. The second kappa shape index (κ2) is 8.75. The molecule has 23 heavy (non-hydrogen) atoms. The molecule has 0 unspecified atom stereocenters. The van der Waals surface area contributed by atoms with E-state index in [0.717, 1.165) is 11.1 Å². The molecule has 0 atom stereocenters. The van der Waals surface area contributed by atoms with Gasteiger partial charge >= 0.3 is 0 Å². The monoisotopic (exact) mass is 329 g/mol. The van der Waals surface area contributed by atoms with Crippen LogP contribution < -0.4 is 5.32 Å². The third-order valence-electron chi connectivity index (χ3n) is 3.60. The first-order chi connectivity index (χ1) is 11.1. The van der Waals surface area contributed by atoms with Gasteiger partial charge in [0, 0.05) is 18.6 Å². The Morgan fingerprint density at radius 1 is 1.13 bits per heavy atom. The highest BCUT2D eigenvalue weighted by Gasteiger charge is 2.07. The van der Waals surface area contributed by atoms with Crippen LogP contribution in [0.4, 0.5) is 0 Å². The van der Waals surface area contributed by atoms with Gasteiger partial charge in [0.1, 0.15) is 0 Å². The fourth-order valence-corrected chi connectivity index (χ4v) is 3.23. The Bertz CT molecular complexity index is 670. The molecule has 2 aromatic carbocycles. The SMILES string of the molecule is COCc1ccccc1CNC(=O)CSc1cc(C)ccc1C. The molecule has 122 valence electrons. The lowest BCUT2D eigenvalue weighted by Gasteiger charge is -2.11. The molecule has 0 saturated heterocycles. The second-order valence-corrected chi connectivity index (χ2v) is 6.55. The molecule has 4 heteroatoms. The number of thioether (sulfide) groups is 1. The van der Waals surface area contributed by atoms with Crippen molar-refractivity contribution in [1.29, 1.82) is 0 Å². The highest BCUT2D eigenvalue weighted by molar-refractivity contribution is 8.00. The van der Waals surface area contributed by atoms with Crippen molar-refractivity contribution in [3.63, 3.8) is 0 Å². The maximum Gasteiger partial charge on any atom is 0.230 e. The van der Waals surface area contributed by atoms with E-state index in [9.17, 15) is 4.79 Å². The zero-order chi connectivity index (χ0) is 16.7. The third-order valence-corrected chi connectivity index (χ3v) is 4.75. The van der Waals surface area contributed by atoms with E-state index in [1.165, 1.54) is 16.0 Å². The van der Waals surface area contributed by atoms with E-state index in [2.05, 4.69) is 37.4 Å². The highest BCUT2D eigenvalue weighted by atomic mass is 32.2. The van der Waals surface area contributed by atoms with Crippen LogP contribution in [-0.4, -0.2) is 18.8 Å². The van der Waals surface area contributed by atoms with E-state index in [1.807, 2.05) is 24.3 Å². The van der Waals surface area contributed by atoms with Crippen molar-refractivity contribution in [2.75, 3.05) is 12.9 Å². The normalized spacial score (nSPS) is 10.6. The van der Waals surface area contributed by atoms with Crippen molar-refractivity contribution in [3.8, 4) is 0 Å². The van der Waals surface area contributed by atoms with Gasteiger partial charge in [-0.15, -0.1) is 11.8 Å². The Morgan fingerprint density at radius 2 is 1.87 bits per heavy atom. The first-order valence-electron chi connectivity index (χ1n) is 7.62. The molecular formula is C19H23NO2S. The van der Waals surface area contributed by atoms with Crippen molar-refractivity contribution in [3.05, 3.63) is 64.7 Å². The van der Waals surface area contributed by atoms with Crippen LogP contribution in [0.5, 0.6) is 0 Å². The maximum atomic E-state index is 12.1. The van der Waals surface area contributed by atoms with E-state index in [0.29, 0.717) is 18.9 Å². The van der Waals surface area contributed by atoms with Crippen molar-refractivity contribution in [1.82, 2.24) is 5.32 Å². The number of carbonyl (C=O) groups excluding carboxylic acids is 1. The second-order valence-electron chi connectivity index (χ2n) is 5.54. The van der Waals surface area contributed by atoms with Crippen LogP contribution in [0, 0.1) is 13.8 Å². The maximum absolute atomic E-state index is 12.1. The molecule has 2 rings (SSSR count). The summed E-state index contributed by atoms with van der Waals surface area (Å²) in [4.78, 5) is 13.3. The number of aryl methyl sites for hydroxylation is 2. The summed E-state index contributed by atoms with van der Waals surface area (Å²) in [6.07, 6.45) is 0. The number of hydrogen-bond acceptors (Lipinski definition) is 3. The lowest BCUT2D eigenvalue weighted by molar-refractivity contribution is -0.118. The fourth-order valence-electron chi connectivity index (χ4n) is 2.28. The van der Waals surface area contributed by atoms with Gasteiger partial charge in [0.25, 0.3) is 0 Å². The minimum absolute atomic E-state index is 0.0446. The lowest BCUT2D eigenvalue weighted by Crippen LogP contribution is -2.25. The number of rotatable bonds is 7. The Balaban J connectivity index is 1.87. The number of methoxy groups -OCH3 is 1. The van der Waals surface area contributed by atoms with Crippen LogP contribution >= 0.6 is 11.8 Å². The molecule has 0 spiro atoms. The molecule has 0 fully saturated rings. The number of carbonyl (C=O) groups is 1. The summed E-state index contributed by atoms with van der Waals surface area (Å²) in [5.74, 6) is 0.472. The van der Waals surface area contributed by atoms with Crippen LogP contribution in [0.25, 0.3) is 0 Å². The van der Waals surface area contributed by atoms with Gasteiger partial charge in [-0.25, -0.2) is 0 Å². The Kier molecular flexibility index (Phi) is 6.68. The number of nitrogens with one attached hydrogen (secondary N) is 1. The van der Waals surface area contributed by atoms with Gasteiger partial charge < -0.3 is 10.1 Å². The summed E-state index contributed by atoms with van der Waals surface area (Å²) in [5.41, 5.74) is 4.63. The predicted molar refractivity (Wildman–Crippen MR) is 95.6 cm³/mol. The standard InChI is InChI=1S/C19H23NO2S/c1-14-8-9-15(2)18(10-14)23-13-19(21)20-11-16-6-4-5-7-17(16)12-22-3/h4-10H,11-13H2,1-3H3,(H,20,21). The van der Waals surface area contributed by atoms with Crippen molar-refractivity contribution < 1.29 is 9.53 Å². The molecule has 0 aliphatic rings. The van der Waals surface area contributed by atoms with Gasteiger partial charge in [-0.2, -0.15) is 0 Å². The Morgan fingerprint density at radius 3 is 2.61 bits per heavy atom. The van der Waals surface area contributed by atoms with Crippen LogP contribution in [0.3, 0.4) is 0 Å². The summed E-state index contributed by atoms with van der Waals surface area (Å²) in [6, 6.07) is 14.3. The Hall–Kier alpha value is -1.78. The van der Waals surface area contributed by atoms with Crippen molar-refractivity contribution in [2.24, 2.45) is 0 Å².